The maximum atomic E-state index is 10.6. The second-order valence-electron chi connectivity index (χ2n) is 5.07. The summed E-state index contributed by atoms with van der Waals surface area (Å²) in [5.74, 6) is -0.300. The Morgan fingerprint density at radius 2 is 2.05 bits per heavy atom. The molecule has 2 atom stereocenters. The number of aliphatic carboxylic acids is 1. The van der Waals surface area contributed by atoms with E-state index >= 15 is 0 Å². The molecule has 0 spiro atoms. The monoisotopic (exact) mass is 278 g/mol. The normalized spacial score (nSPS) is 20.2. The van der Waals surface area contributed by atoms with Gasteiger partial charge in [0.05, 0.1) is 0 Å². The molecular formula is C16H19ClO2. The van der Waals surface area contributed by atoms with Gasteiger partial charge in [-0.15, -0.1) is 11.6 Å². The van der Waals surface area contributed by atoms with Gasteiger partial charge in [0, 0.05) is 0 Å². The Hall–Kier alpha value is -1.28. The molecule has 2 rings (SSSR count). The molecule has 1 N–H and O–H groups in total. The first-order chi connectivity index (χ1) is 9.16. The minimum Gasteiger partial charge on any atom is -0.480 e. The Morgan fingerprint density at radius 3 is 2.63 bits per heavy atom. The van der Waals surface area contributed by atoms with Gasteiger partial charge in [0.1, 0.15) is 5.38 Å². The zero-order valence-electron chi connectivity index (χ0n) is 10.9. The van der Waals surface area contributed by atoms with Gasteiger partial charge >= 0.3 is 5.97 Å². The van der Waals surface area contributed by atoms with E-state index in [1.54, 1.807) is 0 Å². The van der Waals surface area contributed by atoms with Crippen LogP contribution in [0.4, 0.5) is 0 Å². The van der Waals surface area contributed by atoms with E-state index in [-0.39, 0.29) is 0 Å². The summed E-state index contributed by atoms with van der Waals surface area (Å²) in [6.07, 6.45) is 9.21. The summed E-state index contributed by atoms with van der Waals surface area (Å²) in [6.45, 7) is 0. The SMILES string of the molecule is O=C(O)C(Cl)CCc1ccc(C2CC=CCC2)cc1. The number of aryl methyl sites for hydroxylation is 1. The van der Waals surface area contributed by atoms with Gasteiger partial charge in [-0.2, -0.15) is 0 Å². The van der Waals surface area contributed by atoms with Crippen molar-refractivity contribution in [2.45, 2.75) is 43.4 Å². The van der Waals surface area contributed by atoms with E-state index in [9.17, 15) is 4.79 Å². The number of carbonyl (C=O) groups is 1. The maximum Gasteiger partial charge on any atom is 0.321 e. The molecule has 19 heavy (non-hydrogen) atoms. The fraction of sp³-hybridized carbons (Fsp3) is 0.438. The summed E-state index contributed by atoms with van der Waals surface area (Å²) in [6, 6.07) is 8.53. The second-order valence-corrected chi connectivity index (χ2v) is 5.59. The van der Waals surface area contributed by atoms with E-state index < -0.39 is 11.3 Å². The molecule has 0 bridgehead atoms. The highest BCUT2D eigenvalue weighted by atomic mass is 35.5. The minimum atomic E-state index is -0.938. The van der Waals surface area contributed by atoms with Crippen molar-refractivity contribution < 1.29 is 9.90 Å². The molecule has 1 aromatic rings. The number of hydrogen-bond acceptors (Lipinski definition) is 1. The van der Waals surface area contributed by atoms with Crippen LogP contribution in [0.1, 0.15) is 42.7 Å². The van der Waals surface area contributed by atoms with E-state index in [0.717, 1.165) is 12.0 Å². The van der Waals surface area contributed by atoms with Crippen LogP contribution in [0.15, 0.2) is 36.4 Å². The van der Waals surface area contributed by atoms with Crippen LogP contribution >= 0.6 is 11.6 Å². The topological polar surface area (TPSA) is 37.3 Å². The molecule has 1 aromatic carbocycles. The highest BCUT2D eigenvalue weighted by Crippen LogP contribution is 2.29. The minimum absolute atomic E-state index is 0.475. The zero-order valence-corrected chi connectivity index (χ0v) is 11.6. The smallest absolute Gasteiger partial charge is 0.321 e. The van der Waals surface area contributed by atoms with Crippen LogP contribution in [0.5, 0.6) is 0 Å². The van der Waals surface area contributed by atoms with Crippen molar-refractivity contribution in [2.24, 2.45) is 0 Å². The van der Waals surface area contributed by atoms with Crippen molar-refractivity contribution in [2.75, 3.05) is 0 Å². The van der Waals surface area contributed by atoms with E-state index in [0.29, 0.717) is 18.8 Å². The molecule has 1 aliphatic rings. The van der Waals surface area contributed by atoms with Gasteiger partial charge in [0.2, 0.25) is 0 Å². The van der Waals surface area contributed by atoms with Crippen molar-refractivity contribution in [1.29, 1.82) is 0 Å². The standard InChI is InChI=1S/C16H19ClO2/c17-15(16(18)19)11-8-12-6-9-14(10-7-12)13-4-2-1-3-5-13/h1-2,6-7,9-10,13,15H,3-5,8,11H2,(H,18,19). The summed E-state index contributed by atoms with van der Waals surface area (Å²) < 4.78 is 0. The van der Waals surface area contributed by atoms with Crippen LogP contribution < -0.4 is 0 Å². The predicted molar refractivity (Wildman–Crippen MR) is 77.8 cm³/mol. The molecule has 0 saturated carbocycles. The summed E-state index contributed by atoms with van der Waals surface area (Å²) in [5, 5.41) is 7.95. The lowest BCUT2D eigenvalue weighted by atomic mass is 9.87. The molecule has 0 fully saturated rings. The first-order valence-corrected chi connectivity index (χ1v) is 7.21. The number of allylic oxidation sites excluding steroid dienone is 2. The van der Waals surface area contributed by atoms with Gasteiger partial charge in [-0.3, -0.25) is 4.79 Å². The summed E-state index contributed by atoms with van der Waals surface area (Å²) in [7, 11) is 0. The summed E-state index contributed by atoms with van der Waals surface area (Å²) in [4.78, 5) is 10.6. The van der Waals surface area contributed by atoms with Gasteiger partial charge in [0.25, 0.3) is 0 Å². The van der Waals surface area contributed by atoms with Crippen LogP contribution in [0, 0.1) is 0 Å². The van der Waals surface area contributed by atoms with Crippen molar-refractivity contribution in [3.63, 3.8) is 0 Å². The van der Waals surface area contributed by atoms with Crippen LogP contribution in [0.2, 0.25) is 0 Å². The molecule has 0 aromatic heterocycles. The summed E-state index contributed by atoms with van der Waals surface area (Å²) in [5.41, 5.74) is 2.54. The average molecular weight is 279 g/mol. The van der Waals surface area contributed by atoms with Crippen molar-refractivity contribution in [1.82, 2.24) is 0 Å². The Labute approximate surface area is 119 Å². The first-order valence-electron chi connectivity index (χ1n) is 6.77. The van der Waals surface area contributed by atoms with E-state index in [2.05, 4.69) is 36.4 Å². The van der Waals surface area contributed by atoms with Gasteiger partial charge in [-0.25, -0.2) is 0 Å². The second kappa shape index (κ2) is 6.76. The Bertz CT molecular complexity index is 450. The lowest BCUT2D eigenvalue weighted by Crippen LogP contribution is -2.13. The number of carboxylic acid groups (broad SMARTS) is 1. The molecule has 0 saturated heterocycles. The van der Waals surface area contributed by atoms with Crippen molar-refractivity contribution in [3.05, 3.63) is 47.5 Å². The zero-order chi connectivity index (χ0) is 13.7. The van der Waals surface area contributed by atoms with Gasteiger partial charge < -0.3 is 5.11 Å². The molecule has 3 heteroatoms. The largest absolute Gasteiger partial charge is 0.480 e. The van der Waals surface area contributed by atoms with Gasteiger partial charge in [0.15, 0.2) is 0 Å². The highest BCUT2D eigenvalue weighted by Gasteiger charge is 2.14. The lowest BCUT2D eigenvalue weighted by molar-refractivity contribution is -0.136. The summed E-state index contributed by atoms with van der Waals surface area (Å²) >= 11 is 5.71. The van der Waals surface area contributed by atoms with Crippen LogP contribution in [0.25, 0.3) is 0 Å². The lowest BCUT2D eigenvalue weighted by Gasteiger charge is -2.18. The van der Waals surface area contributed by atoms with E-state index in [4.69, 9.17) is 16.7 Å². The first kappa shape index (κ1) is 14.1. The Balaban J connectivity index is 1.91. The highest BCUT2D eigenvalue weighted by molar-refractivity contribution is 6.29. The number of rotatable bonds is 5. The molecule has 102 valence electrons. The molecule has 0 aliphatic heterocycles. The van der Waals surface area contributed by atoms with E-state index in [1.165, 1.54) is 18.4 Å². The van der Waals surface area contributed by atoms with Gasteiger partial charge in [-0.05, 0) is 49.1 Å². The number of carboxylic acids is 1. The third-order valence-corrected chi connectivity index (χ3v) is 4.08. The molecular weight excluding hydrogens is 260 g/mol. The number of benzene rings is 1. The van der Waals surface area contributed by atoms with Gasteiger partial charge in [-0.1, -0.05) is 36.4 Å². The fourth-order valence-corrected chi connectivity index (χ4v) is 2.58. The Morgan fingerprint density at radius 1 is 1.32 bits per heavy atom. The quantitative estimate of drug-likeness (QED) is 0.649. The van der Waals surface area contributed by atoms with Crippen LogP contribution in [-0.2, 0) is 11.2 Å². The third-order valence-electron chi connectivity index (χ3n) is 3.67. The Kier molecular flexibility index (Phi) is 5.03. The average Bonchev–Trinajstić information content (AvgIpc) is 2.46. The number of hydrogen-bond donors (Lipinski definition) is 1. The van der Waals surface area contributed by atoms with Crippen molar-refractivity contribution >= 4 is 17.6 Å². The molecule has 0 radical (unpaired) electrons. The number of halogens is 1. The van der Waals surface area contributed by atoms with Crippen molar-refractivity contribution in [3.8, 4) is 0 Å². The maximum absolute atomic E-state index is 10.6. The molecule has 2 nitrogen and oxygen atoms in total. The molecule has 2 unspecified atom stereocenters. The fourth-order valence-electron chi connectivity index (χ4n) is 2.47. The van der Waals surface area contributed by atoms with Crippen LogP contribution in [-0.4, -0.2) is 16.5 Å². The predicted octanol–water partition coefficient (Wildman–Crippen LogP) is 4.13. The molecule has 0 heterocycles. The molecule has 1 aliphatic carbocycles. The third kappa shape index (κ3) is 4.10. The number of alkyl halides is 1. The van der Waals surface area contributed by atoms with Crippen LogP contribution in [0.3, 0.4) is 0 Å². The molecule has 0 amide bonds. The van der Waals surface area contributed by atoms with E-state index in [1.807, 2.05) is 0 Å².